The molecule has 0 saturated heterocycles. The van der Waals surface area contributed by atoms with Gasteiger partial charge in [-0.05, 0) is 85.7 Å². The van der Waals surface area contributed by atoms with E-state index in [1.807, 2.05) is 0 Å². The van der Waals surface area contributed by atoms with Crippen LogP contribution in [0.5, 0.6) is 0 Å². The number of benzene rings is 8. The van der Waals surface area contributed by atoms with Crippen molar-refractivity contribution in [2.24, 2.45) is 0 Å². The van der Waals surface area contributed by atoms with E-state index in [1.165, 1.54) is 60.0 Å². The van der Waals surface area contributed by atoms with Crippen LogP contribution in [0.1, 0.15) is 0 Å². The third kappa shape index (κ3) is 5.48. The minimum absolute atomic E-state index is 0.750. The van der Waals surface area contributed by atoms with Gasteiger partial charge in [0.2, 0.25) is 0 Å². The highest BCUT2D eigenvalue weighted by atomic mass is 28.3. The Labute approximate surface area is 339 Å². The van der Waals surface area contributed by atoms with Crippen LogP contribution in [0, 0.1) is 0 Å². The fraction of sp³-hybridized carbons (Fsp3) is 0.0370. The minimum atomic E-state index is -2.06. The van der Waals surface area contributed by atoms with Crippen molar-refractivity contribution < 1.29 is 0 Å². The van der Waals surface area contributed by atoms with Gasteiger partial charge in [0, 0.05) is 27.6 Å². The first-order valence-electron chi connectivity index (χ1n) is 20.0. The monoisotopic (exact) mass is 757 g/mol. The maximum Gasteiger partial charge on any atom is 0.160 e. The van der Waals surface area contributed by atoms with Gasteiger partial charge < -0.3 is 4.57 Å². The number of fused-ring (bicyclic) bond motifs is 6. The molecule has 3 heterocycles. The van der Waals surface area contributed by atoms with Crippen LogP contribution in [0.25, 0.3) is 94.8 Å². The number of nitrogens with zero attached hydrogens (tertiary/aromatic N) is 3. The van der Waals surface area contributed by atoms with E-state index in [-0.39, 0.29) is 0 Å². The predicted octanol–water partition coefficient (Wildman–Crippen LogP) is 12.7. The Hall–Kier alpha value is -7.14. The van der Waals surface area contributed by atoms with Crippen LogP contribution >= 0.6 is 0 Å². The molecule has 0 atom stereocenters. The second-order valence-electron chi connectivity index (χ2n) is 15.8. The molecule has 274 valence electrons. The van der Waals surface area contributed by atoms with E-state index in [9.17, 15) is 0 Å². The summed E-state index contributed by atoms with van der Waals surface area (Å²) >= 11 is 0. The molecule has 0 unspecified atom stereocenters. The van der Waals surface area contributed by atoms with Gasteiger partial charge in [-0.2, -0.15) is 0 Å². The summed E-state index contributed by atoms with van der Waals surface area (Å²) in [4.78, 5) is 10.9. The zero-order valence-corrected chi connectivity index (χ0v) is 33.4. The normalized spacial score (nSPS) is 12.8. The molecule has 1 aliphatic rings. The lowest BCUT2D eigenvalue weighted by Crippen LogP contribution is -2.50. The molecule has 2 aromatic heterocycles. The lowest BCUT2D eigenvalue weighted by Gasteiger charge is -2.21. The highest BCUT2D eigenvalue weighted by Crippen LogP contribution is 2.42. The standard InChI is InChI=1S/C54H39N3Si/c1-58(2)49-30-13-12-27-45(49)52-53(58)51(38-21-10-5-11-22-38)55-54(56-52)42-25-14-24-41(33-42)44-28-16-29-48-50(44)46-35-40(37-19-8-4-9-20-37)31-32-47(46)57(48)43-26-15-23-39(34-43)36-17-6-3-7-18-36/h3-35H,1-2H3. The molecule has 0 saturated carbocycles. The van der Waals surface area contributed by atoms with Crippen LogP contribution in [-0.2, 0) is 0 Å². The van der Waals surface area contributed by atoms with Crippen LogP contribution in [0.2, 0.25) is 13.1 Å². The van der Waals surface area contributed by atoms with E-state index in [4.69, 9.17) is 9.97 Å². The molecule has 0 bridgehead atoms. The smallest absolute Gasteiger partial charge is 0.160 e. The van der Waals surface area contributed by atoms with Crippen LogP contribution in [-0.4, -0.2) is 22.6 Å². The average molecular weight is 758 g/mol. The van der Waals surface area contributed by atoms with Gasteiger partial charge in [-0.25, -0.2) is 9.97 Å². The van der Waals surface area contributed by atoms with Crippen molar-refractivity contribution in [3.05, 3.63) is 200 Å². The molecule has 0 radical (unpaired) electrons. The number of rotatable bonds is 6. The Kier molecular flexibility index (Phi) is 7.95. The first-order valence-corrected chi connectivity index (χ1v) is 23.0. The third-order valence-corrected chi connectivity index (χ3v) is 15.5. The molecule has 0 spiro atoms. The quantitative estimate of drug-likeness (QED) is 0.158. The van der Waals surface area contributed by atoms with E-state index in [0.717, 1.165) is 45.1 Å². The molecular weight excluding hydrogens is 719 g/mol. The van der Waals surface area contributed by atoms with Gasteiger partial charge in [0.15, 0.2) is 5.82 Å². The van der Waals surface area contributed by atoms with Crippen molar-refractivity contribution in [2.75, 3.05) is 0 Å². The van der Waals surface area contributed by atoms with Crippen molar-refractivity contribution in [2.45, 2.75) is 13.1 Å². The first-order chi connectivity index (χ1) is 28.5. The highest BCUT2D eigenvalue weighted by Gasteiger charge is 2.41. The van der Waals surface area contributed by atoms with Crippen LogP contribution in [0.3, 0.4) is 0 Å². The van der Waals surface area contributed by atoms with Gasteiger partial charge >= 0.3 is 0 Å². The molecule has 3 nitrogen and oxygen atoms in total. The number of hydrogen-bond donors (Lipinski definition) is 0. The van der Waals surface area contributed by atoms with E-state index >= 15 is 0 Å². The van der Waals surface area contributed by atoms with E-state index in [2.05, 4.69) is 218 Å². The molecule has 0 N–H and O–H groups in total. The SMILES string of the molecule is C[Si]1(C)c2ccccc2-c2nc(-c3cccc(-c4cccc5c4c4cc(-c6ccccc6)ccc4n5-c4cccc(-c5ccccc5)c4)c3)nc(-c3ccccc3)c21. The first kappa shape index (κ1) is 34.1. The number of aromatic nitrogens is 3. The molecule has 10 aromatic rings. The third-order valence-electron chi connectivity index (χ3n) is 12.0. The summed E-state index contributed by atoms with van der Waals surface area (Å²) in [5, 5.41) is 5.18. The second-order valence-corrected chi connectivity index (χ2v) is 20.1. The van der Waals surface area contributed by atoms with Crippen molar-refractivity contribution in [1.29, 1.82) is 0 Å². The molecular formula is C54H39N3Si. The maximum atomic E-state index is 5.45. The summed E-state index contributed by atoms with van der Waals surface area (Å²) < 4.78 is 2.43. The lowest BCUT2D eigenvalue weighted by molar-refractivity contribution is 1.18. The zero-order valence-electron chi connectivity index (χ0n) is 32.4. The molecule has 1 aliphatic heterocycles. The van der Waals surface area contributed by atoms with Crippen molar-refractivity contribution >= 4 is 40.3 Å². The van der Waals surface area contributed by atoms with Gasteiger partial charge in [0.25, 0.3) is 0 Å². The maximum absolute atomic E-state index is 5.45. The van der Waals surface area contributed by atoms with Gasteiger partial charge in [0.05, 0.1) is 22.4 Å². The Morgan fingerprint density at radius 1 is 0.397 bits per heavy atom. The molecule has 58 heavy (non-hydrogen) atoms. The Balaban J connectivity index is 1.13. The van der Waals surface area contributed by atoms with Gasteiger partial charge in [-0.3, -0.25) is 0 Å². The van der Waals surface area contributed by atoms with Crippen LogP contribution in [0.4, 0.5) is 0 Å². The molecule has 0 aliphatic carbocycles. The minimum Gasteiger partial charge on any atom is -0.309 e. The van der Waals surface area contributed by atoms with E-state index in [0.29, 0.717) is 0 Å². The molecule has 11 rings (SSSR count). The zero-order chi connectivity index (χ0) is 38.8. The Bertz CT molecular complexity index is 3180. The fourth-order valence-corrected chi connectivity index (χ4v) is 12.5. The summed E-state index contributed by atoms with van der Waals surface area (Å²) in [5.74, 6) is 0.750. The van der Waals surface area contributed by atoms with Gasteiger partial charge in [0.1, 0.15) is 8.07 Å². The highest BCUT2D eigenvalue weighted by molar-refractivity contribution is 7.04. The topological polar surface area (TPSA) is 30.7 Å². The molecule has 8 aromatic carbocycles. The molecule has 0 amide bonds. The van der Waals surface area contributed by atoms with Gasteiger partial charge in [-0.1, -0.05) is 177 Å². The fourth-order valence-electron chi connectivity index (χ4n) is 9.23. The second kappa shape index (κ2) is 13.5. The predicted molar refractivity (Wildman–Crippen MR) is 246 cm³/mol. The van der Waals surface area contributed by atoms with Gasteiger partial charge in [-0.15, -0.1) is 0 Å². The summed E-state index contributed by atoms with van der Waals surface area (Å²) in [7, 11) is -2.06. The van der Waals surface area contributed by atoms with Crippen molar-refractivity contribution in [3.63, 3.8) is 0 Å². The van der Waals surface area contributed by atoms with Crippen LogP contribution < -0.4 is 10.4 Å². The summed E-state index contributed by atoms with van der Waals surface area (Å²) in [6.45, 7) is 4.87. The number of hydrogen-bond acceptors (Lipinski definition) is 2. The average Bonchev–Trinajstić information content (AvgIpc) is 3.75. The largest absolute Gasteiger partial charge is 0.309 e. The summed E-state index contributed by atoms with van der Waals surface area (Å²) in [6.07, 6.45) is 0. The molecule has 4 heteroatoms. The van der Waals surface area contributed by atoms with Crippen molar-refractivity contribution in [3.8, 4) is 73.0 Å². The summed E-state index contributed by atoms with van der Waals surface area (Å²) in [5.41, 5.74) is 16.1. The van der Waals surface area contributed by atoms with Crippen LogP contribution in [0.15, 0.2) is 200 Å². The van der Waals surface area contributed by atoms with E-state index in [1.54, 1.807) is 0 Å². The molecule has 0 fully saturated rings. The lowest BCUT2D eigenvalue weighted by atomic mass is 9.96. The van der Waals surface area contributed by atoms with Crippen molar-refractivity contribution in [1.82, 2.24) is 14.5 Å². The summed E-state index contributed by atoms with van der Waals surface area (Å²) in [6, 6.07) is 72.2. The Morgan fingerprint density at radius 3 is 1.72 bits per heavy atom. The Morgan fingerprint density at radius 2 is 0.966 bits per heavy atom. The van der Waals surface area contributed by atoms with E-state index < -0.39 is 8.07 Å².